The highest BCUT2D eigenvalue weighted by molar-refractivity contribution is 5.95. The van der Waals surface area contributed by atoms with E-state index < -0.39 is 17.9 Å². The van der Waals surface area contributed by atoms with E-state index >= 15 is 0 Å². The SMILES string of the molecule is O=C(NC1COCC1C(=O)O)c1ccc2c(c1)OCCO2. The molecule has 3 rings (SSSR count). The highest BCUT2D eigenvalue weighted by Crippen LogP contribution is 2.30. The van der Waals surface area contributed by atoms with E-state index in [0.29, 0.717) is 30.3 Å². The van der Waals surface area contributed by atoms with E-state index in [-0.39, 0.29) is 19.1 Å². The maximum absolute atomic E-state index is 12.2. The van der Waals surface area contributed by atoms with Gasteiger partial charge in [-0.05, 0) is 18.2 Å². The topological polar surface area (TPSA) is 94.1 Å². The molecule has 2 unspecified atom stereocenters. The monoisotopic (exact) mass is 293 g/mol. The fourth-order valence-electron chi connectivity index (χ4n) is 2.38. The van der Waals surface area contributed by atoms with Crippen molar-refractivity contribution in [1.29, 1.82) is 0 Å². The molecule has 112 valence electrons. The zero-order valence-electron chi connectivity index (χ0n) is 11.2. The van der Waals surface area contributed by atoms with Crippen LogP contribution in [-0.2, 0) is 9.53 Å². The molecule has 1 aromatic rings. The molecule has 0 radical (unpaired) electrons. The van der Waals surface area contributed by atoms with Gasteiger partial charge in [-0.1, -0.05) is 0 Å². The molecule has 21 heavy (non-hydrogen) atoms. The van der Waals surface area contributed by atoms with Gasteiger partial charge in [-0.2, -0.15) is 0 Å². The molecule has 2 heterocycles. The Kier molecular flexibility index (Phi) is 3.66. The van der Waals surface area contributed by atoms with Gasteiger partial charge in [-0.15, -0.1) is 0 Å². The zero-order valence-corrected chi connectivity index (χ0v) is 11.2. The molecule has 2 N–H and O–H groups in total. The number of aliphatic carboxylic acids is 1. The molecule has 1 amide bonds. The first kappa shape index (κ1) is 13.7. The minimum atomic E-state index is -0.972. The third-order valence-corrected chi connectivity index (χ3v) is 3.52. The maximum atomic E-state index is 12.2. The smallest absolute Gasteiger partial charge is 0.311 e. The highest BCUT2D eigenvalue weighted by atomic mass is 16.6. The number of amides is 1. The molecule has 0 bridgehead atoms. The van der Waals surface area contributed by atoms with Crippen LogP contribution >= 0.6 is 0 Å². The predicted octanol–water partition coefficient (Wildman–Crippen LogP) is 0.287. The lowest BCUT2D eigenvalue weighted by atomic mass is 10.0. The average Bonchev–Trinajstić information content (AvgIpc) is 2.95. The number of carbonyl (C=O) groups is 2. The largest absolute Gasteiger partial charge is 0.486 e. The zero-order chi connectivity index (χ0) is 14.8. The van der Waals surface area contributed by atoms with Gasteiger partial charge in [0, 0.05) is 5.56 Å². The summed E-state index contributed by atoms with van der Waals surface area (Å²) in [7, 11) is 0. The van der Waals surface area contributed by atoms with E-state index in [4.69, 9.17) is 19.3 Å². The lowest BCUT2D eigenvalue weighted by Gasteiger charge is -2.19. The van der Waals surface area contributed by atoms with E-state index in [9.17, 15) is 9.59 Å². The van der Waals surface area contributed by atoms with Crippen LogP contribution in [-0.4, -0.2) is 49.5 Å². The van der Waals surface area contributed by atoms with Gasteiger partial charge in [0.2, 0.25) is 0 Å². The van der Waals surface area contributed by atoms with Crippen LogP contribution in [0.25, 0.3) is 0 Å². The fourth-order valence-corrected chi connectivity index (χ4v) is 2.38. The second-order valence-electron chi connectivity index (χ2n) is 4.92. The summed E-state index contributed by atoms with van der Waals surface area (Å²) in [5.41, 5.74) is 0.398. The van der Waals surface area contributed by atoms with Gasteiger partial charge in [0.1, 0.15) is 19.1 Å². The maximum Gasteiger partial charge on any atom is 0.311 e. The van der Waals surface area contributed by atoms with E-state index in [1.165, 1.54) is 0 Å². The molecule has 0 spiro atoms. The molecule has 0 saturated carbocycles. The standard InChI is InChI=1S/C14H15NO6/c16-13(15-10-7-19-6-9(10)14(17)18)8-1-2-11-12(5-8)21-4-3-20-11/h1-2,5,9-10H,3-4,6-7H2,(H,15,16)(H,17,18). The summed E-state index contributed by atoms with van der Waals surface area (Å²) >= 11 is 0. The number of nitrogens with one attached hydrogen (secondary N) is 1. The van der Waals surface area contributed by atoms with Gasteiger partial charge in [-0.25, -0.2) is 0 Å². The third kappa shape index (κ3) is 2.78. The van der Waals surface area contributed by atoms with Crippen molar-refractivity contribution < 1.29 is 28.9 Å². The van der Waals surface area contributed by atoms with Crippen molar-refractivity contribution in [2.45, 2.75) is 6.04 Å². The van der Waals surface area contributed by atoms with Crippen LogP contribution in [0.2, 0.25) is 0 Å². The molecular formula is C14H15NO6. The molecule has 0 aromatic heterocycles. The normalized spacial score (nSPS) is 23.6. The summed E-state index contributed by atoms with van der Waals surface area (Å²) < 4.78 is 15.9. The van der Waals surface area contributed by atoms with E-state index in [1.54, 1.807) is 18.2 Å². The van der Waals surface area contributed by atoms with Crippen molar-refractivity contribution in [3.8, 4) is 11.5 Å². The molecule has 1 saturated heterocycles. The van der Waals surface area contributed by atoms with Crippen LogP contribution in [0.4, 0.5) is 0 Å². The molecule has 7 heteroatoms. The number of fused-ring (bicyclic) bond motifs is 1. The number of hydrogen-bond acceptors (Lipinski definition) is 5. The first-order valence-corrected chi connectivity index (χ1v) is 6.66. The van der Waals surface area contributed by atoms with Gasteiger partial charge in [0.05, 0.1) is 19.3 Å². The second-order valence-corrected chi connectivity index (χ2v) is 4.92. The summed E-state index contributed by atoms with van der Waals surface area (Å²) in [5.74, 6) is -0.920. The number of benzene rings is 1. The minimum absolute atomic E-state index is 0.113. The van der Waals surface area contributed by atoms with Crippen LogP contribution in [0.3, 0.4) is 0 Å². The molecule has 2 aliphatic rings. The van der Waals surface area contributed by atoms with Crippen LogP contribution in [0.5, 0.6) is 11.5 Å². The molecular weight excluding hydrogens is 278 g/mol. The number of ether oxygens (including phenoxy) is 3. The van der Waals surface area contributed by atoms with Crippen molar-refractivity contribution in [3.63, 3.8) is 0 Å². The molecule has 2 aliphatic heterocycles. The third-order valence-electron chi connectivity index (χ3n) is 3.52. The first-order chi connectivity index (χ1) is 10.1. The Bertz CT molecular complexity index is 573. The number of hydrogen-bond donors (Lipinski definition) is 2. The second kappa shape index (κ2) is 5.61. The highest BCUT2D eigenvalue weighted by Gasteiger charge is 2.35. The molecule has 1 aromatic carbocycles. The van der Waals surface area contributed by atoms with Crippen molar-refractivity contribution in [2.75, 3.05) is 26.4 Å². The van der Waals surface area contributed by atoms with E-state index in [2.05, 4.69) is 5.32 Å². The van der Waals surface area contributed by atoms with Gasteiger partial charge in [0.15, 0.2) is 11.5 Å². The molecule has 2 atom stereocenters. The van der Waals surface area contributed by atoms with Gasteiger partial charge < -0.3 is 24.6 Å². The van der Waals surface area contributed by atoms with Crippen LogP contribution in [0.1, 0.15) is 10.4 Å². The Morgan fingerprint density at radius 1 is 1.14 bits per heavy atom. The van der Waals surface area contributed by atoms with Crippen molar-refractivity contribution in [1.82, 2.24) is 5.32 Å². The molecule has 7 nitrogen and oxygen atoms in total. The summed E-state index contributed by atoms with van der Waals surface area (Å²) in [4.78, 5) is 23.3. The lowest BCUT2D eigenvalue weighted by Crippen LogP contribution is -2.42. The Morgan fingerprint density at radius 3 is 2.67 bits per heavy atom. The Labute approximate surface area is 120 Å². The van der Waals surface area contributed by atoms with Crippen molar-refractivity contribution in [3.05, 3.63) is 23.8 Å². The van der Waals surface area contributed by atoms with Gasteiger partial charge in [0.25, 0.3) is 5.91 Å². The number of carboxylic acid groups (broad SMARTS) is 1. The summed E-state index contributed by atoms with van der Waals surface area (Å²) in [5, 5.41) is 11.7. The molecule has 1 fully saturated rings. The quantitative estimate of drug-likeness (QED) is 0.831. The van der Waals surface area contributed by atoms with Gasteiger partial charge in [-0.3, -0.25) is 9.59 Å². The summed E-state index contributed by atoms with van der Waals surface area (Å²) in [6.07, 6.45) is 0. The Morgan fingerprint density at radius 2 is 1.90 bits per heavy atom. The summed E-state index contributed by atoms with van der Waals surface area (Å²) in [6, 6.07) is 4.36. The summed E-state index contributed by atoms with van der Waals surface area (Å²) in [6.45, 7) is 1.24. The van der Waals surface area contributed by atoms with E-state index in [1.807, 2.05) is 0 Å². The first-order valence-electron chi connectivity index (χ1n) is 6.66. The van der Waals surface area contributed by atoms with Crippen LogP contribution in [0.15, 0.2) is 18.2 Å². The van der Waals surface area contributed by atoms with Crippen molar-refractivity contribution >= 4 is 11.9 Å². The van der Waals surface area contributed by atoms with Gasteiger partial charge >= 0.3 is 5.97 Å². The van der Waals surface area contributed by atoms with E-state index in [0.717, 1.165) is 0 Å². The van der Waals surface area contributed by atoms with Crippen LogP contribution in [0, 0.1) is 5.92 Å². The van der Waals surface area contributed by atoms with Crippen molar-refractivity contribution in [2.24, 2.45) is 5.92 Å². The number of rotatable bonds is 3. The number of carboxylic acids is 1. The van der Waals surface area contributed by atoms with Crippen LogP contribution < -0.4 is 14.8 Å². The minimum Gasteiger partial charge on any atom is -0.486 e. The fraction of sp³-hybridized carbons (Fsp3) is 0.429. The number of carbonyl (C=O) groups excluding carboxylic acids is 1. The Hall–Kier alpha value is -2.28. The average molecular weight is 293 g/mol. The predicted molar refractivity (Wildman–Crippen MR) is 70.6 cm³/mol. The lowest BCUT2D eigenvalue weighted by molar-refractivity contribution is -0.142. The Balaban J connectivity index is 1.72. The molecule has 0 aliphatic carbocycles.